The molecule has 1 heterocycles. The van der Waals surface area contributed by atoms with E-state index in [-0.39, 0.29) is 0 Å². The molecule has 0 saturated carbocycles. The maximum absolute atomic E-state index is 5.38. The van der Waals surface area contributed by atoms with E-state index >= 15 is 0 Å². The second-order valence-corrected chi connectivity index (χ2v) is 5.34. The third-order valence-electron chi connectivity index (χ3n) is 3.69. The molecule has 1 saturated heterocycles. The van der Waals surface area contributed by atoms with Crippen LogP contribution in [0, 0.1) is 0 Å². The van der Waals surface area contributed by atoms with Crippen LogP contribution in [0.1, 0.15) is 32.3 Å². The topological polar surface area (TPSA) is 24.5 Å². The van der Waals surface area contributed by atoms with Crippen molar-refractivity contribution in [3.8, 4) is 0 Å². The first kappa shape index (κ1) is 14.4. The fourth-order valence-corrected chi connectivity index (χ4v) is 2.47. The van der Waals surface area contributed by atoms with E-state index in [0.717, 1.165) is 32.8 Å². The van der Waals surface area contributed by atoms with E-state index in [2.05, 4.69) is 48.3 Å². The van der Waals surface area contributed by atoms with Gasteiger partial charge in [-0.2, -0.15) is 0 Å². The van der Waals surface area contributed by atoms with Gasteiger partial charge in [0.25, 0.3) is 0 Å². The molecule has 19 heavy (non-hydrogen) atoms. The molecule has 1 aliphatic heterocycles. The van der Waals surface area contributed by atoms with Crippen molar-refractivity contribution in [2.75, 3.05) is 31.2 Å². The second kappa shape index (κ2) is 7.51. The monoisotopic (exact) mass is 262 g/mol. The highest BCUT2D eigenvalue weighted by Gasteiger charge is 2.10. The number of benzene rings is 1. The smallest absolute Gasteiger partial charge is 0.0642 e. The molecule has 0 bridgehead atoms. The van der Waals surface area contributed by atoms with Gasteiger partial charge in [0, 0.05) is 31.4 Å². The van der Waals surface area contributed by atoms with Crippen LogP contribution in [0.5, 0.6) is 0 Å². The molecule has 2 rings (SSSR count). The quantitative estimate of drug-likeness (QED) is 0.853. The van der Waals surface area contributed by atoms with Gasteiger partial charge in [-0.1, -0.05) is 25.5 Å². The van der Waals surface area contributed by atoms with Crippen LogP contribution in [0.25, 0.3) is 0 Å². The molecule has 1 aromatic carbocycles. The number of rotatable bonds is 6. The summed E-state index contributed by atoms with van der Waals surface area (Å²) in [7, 11) is 0. The molecule has 1 atom stereocenters. The molecule has 1 N–H and O–H groups in total. The fraction of sp³-hybridized carbons (Fsp3) is 0.625. The van der Waals surface area contributed by atoms with Crippen molar-refractivity contribution in [1.82, 2.24) is 5.32 Å². The third-order valence-corrected chi connectivity index (χ3v) is 3.69. The lowest BCUT2D eigenvalue weighted by Crippen LogP contribution is -2.36. The van der Waals surface area contributed by atoms with Gasteiger partial charge in [-0.05, 0) is 31.0 Å². The van der Waals surface area contributed by atoms with E-state index < -0.39 is 0 Å². The Morgan fingerprint density at radius 3 is 2.53 bits per heavy atom. The molecule has 3 heteroatoms. The van der Waals surface area contributed by atoms with E-state index in [1.165, 1.54) is 24.1 Å². The molecule has 106 valence electrons. The molecule has 0 spiro atoms. The van der Waals surface area contributed by atoms with Crippen LogP contribution in [0.2, 0.25) is 0 Å². The van der Waals surface area contributed by atoms with E-state index in [1.54, 1.807) is 0 Å². The Labute approximate surface area is 116 Å². The average Bonchev–Trinajstić information content (AvgIpc) is 2.47. The van der Waals surface area contributed by atoms with Crippen LogP contribution in [-0.4, -0.2) is 32.3 Å². The van der Waals surface area contributed by atoms with Crippen LogP contribution < -0.4 is 10.2 Å². The minimum atomic E-state index is 0.601. The minimum absolute atomic E-state index is 0.601. The molecule has 3 nitrogen and oxygen atoms in total. The predicted octanol–water partition coefficient (Wildman–Crippen LogP) is 2.80. The second-order valence-electron chi connectivity index (χ2n) is 5.34. The maximum atomic E-state index is 5.38. The van der Waals surface area contributed by atoms with Crippen LogP contribution in [0.15, 0.2) is 24.3 Å². The summed E-state index contributed by atoms with van der Waals surface area (Å²) in [5.74, 6) is 0. The summed E-state index contributed by atoms with van der Waals surface area (Å²) < 4.78 is 5.38. The molecular weight excluding hydrogens is 236 g/mol. The third kappa shape index (κ3) is 4.51. The zero-order chi connectivity index (χ0) is 13.5. The number of anilines is 1. The number of morpholine rings is 1. The lowest BCUT2D eigenvalue weighted by Gasteiger charge is -2.29. The molecule has 0 amide bonds. The number of nitrogens with zero attached hydrogens (tertiary/aromatic N) is 1. The SMILES string of the molecule is CCCC(C)NCc1ccc(N2CCOCC2)cc1. The number of nitrogens with one attached hydrogen (secondary N) is 1. The average molecular weight is 262 g/mol. The Morgan fingerprint density at radius 2 is 1.89 bits per heavy atom. The zero-order valence-corrected chi connectivity index (χ0v) is 12.2. The van der Waals surface area contributed by atoms with Crippen molar-refractivity contribution < 1.29 is 4.74 Å². The molecule has 1 fully saturated rings. The number of hydrogen-bond donors (Lipinski definition) is 1. The molecule has 0 aromatic heterocycles. The van der Waals surface area contributed by atoms with Gasteiger partial charge in [-0.25, -0.2) is 0 Å². The van der Waals surface area contributed by atoms with Crippen molar-refractivity contribution >= 4 is 5.69 Å². The zero-order valence-electron chi connectivity index (χ0n) is 12.2. The van der Waals surface area contributed by atoms with Crippen LogP contribution in [0.3, 0.4) is 0 Å². The van der Waals surface area contributed by atoms with Crippen molar-refractivity contribution in [1.29, 1.82) is 0 Å². The molecule has 0 aliphatic carbocycles. The lowest BCUT2D eigenvalue weighted by molar-refractivity contribution is 0.122. The summed E-state index contributed by atoms with van der Waals surface area (Å²) in [5, 5.41) is 3.57. The summed E-state index contributed by atoms with van der Waals surface area (Å²) in [6, 6.07) is 9.52. The highest BCUT2D eigenvalue weighted by molar-refractivity contribution is 5.47. The van der Waals surface area contributed by atoms with Crippen molar-refractivity contribution in [2.45, 2.75) is 39.3 Å². The van der Waals surface area contributed by atoms with E-state index in [4.69, 9.17) is 4.74 Å². The first-order valence-electron chi connectivity index (χ1n) is 7.44. The Morgan fingerprint density at radius 1 is 1.21 bits per heavy atom. The Kier molecular flexibility index (Phi) is 5.67. The first-order valence-corrected chi connectivity index (χ1v) is 7.44. The van der Waals surface area contributed by atoms with Crippen molar-refractivity contribution in [3.63, 3.8) is 0 Å². The van der Waals surface area contributed by atoms with Gasteiger partial charge in [-0.3, -0.25) is 0 Å². The van der Waals surface area contributed by atoms with Crippen molar-refractivity contribution in [3.05, 3.63) is 29.8 Å². The highest BCUT2D eigenvalue weighted by atomic mass is 16.5. The van der Waals surface area contributed by atoms with Gasteiger partial charge in [0.15, 0.2) is 0 Å². The normalized spacial score (nSPS) is 17.5. The van der Waals surface area contributed by atoms with Crippen molar-refractivity contribution in [2.24, 2.45) is 0 Å². The van der Waals surface area contributed by atoms with Gasteiger partial charge in [0.2, 0.25) is 0 Å². The molecule has 1 aliphatic rings. The number of ether oxygens (including phenoxy) is 1. The first-order chi connectivity index (χ1) is 9.29. The molecular formula is C16H26N2O. The Bertz CT molecular complexity index is 358. The highest BCUT2D eigenvalue weighted by Crippen LogP contribution is 2.16. The Balaban J connectivity index is 1.83. The summed E-state index contributed by atoms with van der Waals surface area (Å²) in [6.45, 7) is 9.15. The summed E-state index contributed by atoms with van der Waals surface area (Å²) in [4.78, 5) is 2.39. The van der Waals surface area contributed by atoms with E-state index in [9.17, 15) is 0 Å². The number of hydrogen-bond acceptors (Lipinski definition) is 3. The molecule has 0 radical (unpaired) electrons. The van der Waals surface area contributed by atoms with Crippen LogP contribution in [0.4, 0.5) is 5.69 Å². The van der Waals surface area contributed by atoms with E-state index in [0.29, 0.717) is 6.04 Å². The van der Waals surface area contributed by atoms with Gasteiger partial charge in [-0.15, -0.1) is 0 Å². The minimum Gasteiger partial charge on any atom is -0.378 e. The van der Waals surface area contributed by atoms with Gasteiger partial charge < -0.3 is 15.0 Å². The maximum Gasteiger partial charge on any atom is 0.0642 e. The predicted molar refractivity (Wildman–Crippen MR) is 80.7 cm³/mol. The van der Waals surface area contributed by atoms with Gasteiger partial charge in [0.05, 0.1) is 13.2 Å². The summed E-state index contributed by atoms with van der Waals surface area (Å²) in [6.07, 6.45) is 2.48. The lowest BCUT2D eigenvalue weighted by atomic mass is 10.1. The van der Waals surface area contributed by atoms with Gasteiger partial charge >= 0.3 is 0 Å². The van der Waals surface area contributed by atoms with Crippen LogP contribution >= 0.6 is 0 Å². The summed E-state index contributed by atoms with van der Waals surface area (Å²) >= 11 is 0. The Hall–Kier alpha value is -1.06. The van der Waals surface area contributed by atoms with E-state index in [1.807, 2.05) is 0 Å². The fourth-order valence-electron chi connectivity index (χ4n) is 2.47. The summed E-state index contributed by atoms with van der Waals surface area (Å²) in [5.41, 5.74) is 2.67. The van der Waals surface area contributed by atoms with Crippen LogP contribution in [-0.2, 0) is 11.3 Å². The molecule has 1 aromatic rings. The molecule has 1 unspecified atom stereocenters. The standard InChI is InChI=1S/C16H26N2O/c1-3-4-14(2)17-13-15-5-7-16(8-6-15)18-9-11-19-12-10-18/h5-8,14,17H,3-4,9-13H2,1-2H3. The van der Waals surface area contributed by atoms with Gasteiger partial charge in [0.1, 0.15) is 0 Å². The largest absolute Gasteiger partial charge is 0.378 e.